The van der Waals surface area contributed by atoms with Crippen molar-refractivity contribution in [3.63, 3.8) is 0 Å². The van der Waals surface area contributed by atoms with Gasteiger partial charge in [0.05, 0.1) is 0 Å². The van der Waals surface area contributed by atoms with E-state index in [4.69, 9.17) is 0 Å². The van der Waals surface area contributed by atoms with E-state index in [1.54, 1.807) is 0 Å². The van der Waals surface area contributed by atoms with Crippen LogP contribution in [-0.2, 0) is 0 Å². The lowest BCUT2D eigenvalue weighted by Crippen LogP contribution is -2.12. The third kappa shape index (κ3) is 1.77. The Labute approximate surface area is 53.6 Å². The molecule has 0 aromatic heterocycles. The molecule has 0 fully saturated rings. The lowest BCUT2D eigenvalue weighted by molar-refractivity contribution is 0.0711. The number of hydrogen-bond donors (Lipinski definition) is 0. The van der Waals surface area contributed by atoms with Crippen LogP contribution in [0.4, 0.5) is 8.78 Å². The summed E-state index contributed by atoms with van der Waals surface area (Å²) in [7, 11) is 0. The summed E-state index contributed by atoms with van der Waals surface area (Å²) in [5.41, 5.74) is 0. The van der Waals surface area contributed by atoms with Gasteiger partial charge < -0.3 is 0 Å². The predicted molar refractivity (Wildman–Crippen MR) is 31.2 cm³/mol. The molecule has 0 aliphatic heterocycles. The van der Waals surface area contributed by atoms with E-state index in [-0.39, 0.29) is 0 Å². The smallest absolute Gasteiger partial charge is 0.210 e. The Morgan fingerprint density at radius 3 is 2.67 bits per heavy atom. The van der Waals surface area contributed by atoms with Crippen LogP contribution in [0.15, 0.2) is 6.08 Å². The molecule has 0 spiro atoms. The first-order chi connectivity index (χ1) is 4.30. The van der Waals surface area contributed by atoms with E-state index in [2.05, 4.69) is 6.08 Å². The summed E-state index contributed by atoms with van der Waals surface area (Å²) in [6.45, 7) is 0. The minimum Gasteiger partial charge on any atom is -0.210 e. The van der Waals surface area contributed by atoms with Crippen LogP contribution < -0.4 is 0 Å². The predicted octanol–water partition coefficient (Wildman–Crippen LogP) is 2.41. The van der Waals surface area contributed by atoms with Crippen molar-refractivity contribution < 1.29 is 8.78 Å². The lowest BCUT2D eigenvalue weighted by atomic mass is 9.95. The maximum atomic E-state index is 11.9. The highest BCUT2D eigenvalue weighted by Crippen LogP contribution is 2.23. The van der Waals surface area contributed by atoms with Gasteiger partial charge in [-0.05, 0) is 25.3 Å². The molecule has 51 valence electrons. The van der Waals surface area contributed by atoms with Crippen molar-refractivity contribution in [3.05, 3.63) is 12.2 Å². The van der Waals surface area contributed by atoms with Crippen LogP contribution in [0.1, 0.15) is 19.3 Å². The fourth-order valence-corrected chi connectivity index (χ4v) is 0.951. The molecule has 0 aromatic rings. The second kappa shape index (κ2) is 2.95. The quantitative estimate of drug-likeness (QED) is 0.512. The van der Waals surface area contributed by atoms with Gasteiger partial charge in [-0.2, -0.15) is 0 Å². The van der Waals surface area contributed by atoms with Gasteiger partial charge in [0, 0.05) is 5.92 Å². The third-order valence-electron chi connectivity index (χ3n) is 1.56. The zero-order valence-electron chi connectivity index (χ0n) is 5.11. The average Bonchev–Trinajstić information content (AvgIpc) is 1.90. The molecule has 1 radical (unpaired) electrons. The summed E-state index contributed by atoms with van der Waals surface area (Å²) in [6.07, 6.45) is 4.35. The molecule has 0 amide bonds. The molecular formula is C7H9F2. The Bertz CT molecular complexity index is 107. The summed E-state index contributed by atoms with van der Waals surface area (Å²) in [5.74, 6) is -0.421. The largest absolute Gasteiger partial charge is 0.241 e. The van der Waals surface area contributed by atoms with E-state index in [0.717, 1.165) is 6.42 Å². The highest BCUT2D eigenvalue weighted by atomic mass is 19.3. The molecular weight excluding hydrogens is 122 g/mol. The van der Waals surface area contributed by atoms with Crippen LogP contribution >= 0.6 is 0 Å². The fourth-order valence-electron chi connectivity index (χ4n) is 0.951. The van der Waals surface area contributed by atoms with E-state index in [9.17, 15) is 8.78 Å². The van der Waals surface area contributed by atoms with Crippen LogP contribution in [0, 0.1) is 12.0 Å². The number of hydrogen-bond acceptors (Lipinski definition) is 0. The number of alkyl halides is 2. The van der Waals surface area contributed by atoms with Gasteiger partial charge in [0.15, 0.2) is 0 Å². The van der Waals surface area contributed by atoms with E-state index in [1.807, 2.05) is 6.08 Å². The van der Waals surface area contributed by atoms with E-state index in [0.29, 0.717) is 12.8 Å². The number of allylic oxidation sites excluding steroid dienone is 2. The monoisotopic (exact) mass is 131 g/mol. The Morgan fingerprint density at radius 2 is 2.33 bits per heavy atom. The molecule has 0 aromatic carbocycles. The zero-order chi connectivity index (χ0) is 6.69. The maximum absolute atomic E-state index is 11.9. The Hall–Kier alpha value is -0.400. The normalized spacial score (nSPS) is 27.2. The summed E-state index contributed by atoms with van der Waals surface area (Å²) in [6, 6.07) is 0. The van der Waals surface area contributed by atoms with Crippen molar-refractivity contribution in [2.45, 2.75) is 25.7 Å². The molecule has 1 atom stereocenters. The SMILES string of the molecule is FC(F)C1C[C]=CCC1. The van der Waals surface area contributed by atoms with Gasteiger partial charge in [-0.1, -0.05) is 6.08 Å². The molecule has 0 N–H and O–H groups in total. The number of halogens is 2. The van der Waals surface area contributed by atoms with Gasteiger partial charge in [-0.15, -0.1) is 0 Å². The molecule has 1 aliphatic carbocycles. The first-order valence-electron chi connectivity index (χ1n) is 3.14. The van der Waals surface area contributed by atoms with Gasteiger partial charge in [-0.25, -0.2) is 8.78 Å². The van der Waals surface area contributed by atoms with Crippen molar-refractivity contribution in [2.75, 3.05) is 0 Å². The van der Waals surface area contributed by atoms with Gasteiger partial charge in [0.25, 0.3) is 0 Å². The van der Waals surface area contributed by atoms with Crippen LogP contribution in [-0.4, -0.2) is 6.43 Å². The molecule has 9 heavy (non-hydrogen) atoms. The van der Waals surface area contributed by atoms with Crippen molar-refractivity contribution in [1.82, 2.24) is 0 Å². The summed E-state index contributed by atoms with van der Waals surface area (Å²) in [4.78, 5) is 0. The highest BCUT2D eigenvalue weighted by Gasteiger charge is 2.19. The molecule has 0 nitrogen and oxygen atoms in total. The summed E-state index contributed by atoms with van der Waals surface area (Å²) < 4.78 is 23.7. The standard InChI is InChI=1S/C7H9F2/c8-7(9)6-4-2-1-3-5-6/h1,6-7H,2,4-5H2. The van der Waals surface area contributed by atoms with Crippen molar-refractivity contribution >= 4 is 0 Å². The van der Waals surface area contributed by atoms with Gasteiger partial charge in [0.2, 0.25) is 6.43 Å². The minimum absolute atomic E-state index is 0.421. The molecule has 0 bridgehead atoms. The van der Waals surface area contributed by atoms with Crippen molar-refractivity contribution in [1.29, 1.82) is 0 Å². The second-order valence-corrected chi connectivity index (χ2v) is 2.28. The molecule has 0 saturated carbocycles. The molecule has 2 heteroatoms. The van der Waals surface area contributed by atoms with Gasteiger partial charge in [0.1, 0.15) is 0 Å². The third-order valence-corrected chi connectivity index (χ3v) is 1.56. The highest BCUT2D eigenvalue weighted by molar-refractivity contribution is 4.84. The summed E-state index contributed by atoms with van der Waals surface area (Å²) >= 11 is 0. The first-order valence-corrected chi connectivity index (χ1v) is 3.14. The summed E-state index contributed by atoms with van der Waals surface area (Å²) in [5, 5.41) is 0. The van der Waals surface area contributed by atoms with Crippen molar-refractivity contribution in [3.8, 4) is 0 Å². The van der Waals surface area contributed by atoms with E-state index < -0.39 is 12.3 Å². The van der Waals surface area contributed by atoms with Crippen LogP contribution in [0.5, 0.6) is 0 Å². The number of rotatable bonds is 1. The Balaban J connectivity index is 2.35. The Kier molecular flexibility index (Phi) is 2.20. The minimum atomic E-state index is -2.15. The second-order valence-electron chi connectivity index (χ2n) is 2.28. The maximum Gasteiger partial charge on any atom is 0.241 e. The molecule has 1 aliphatic rings. The van der Waals surface area contributed by atoms with Crippen LogP contribution in [0.2, 0.25) is 0 Å². The average molecular weight is 131 g/mol. The molecule has 1 unspecified atom stereocenters. The molecule has 0 saturated heterocycles. The molecule has 0 heterocycles. The van der Waals surface area contributed by atoms with E-state index >= 15 is 0 Å². The topological polar surface area (TPSA) is 0 Å². The zero-order valence-corrected chi connectivity index (χ0v) is 5.11. The van der Waals surface area contributed by atoms with Crippen LogP contribution in [0.3, 0.4) is 0 Å². The van der Waals surface area contributed by atoms with Crippen molar-refractivity contribution in [2.24, 2.45) is 5.92 Å². The fraction of sp³-hybridized carbons (Fsp3) is 0.714. The first kappa shape index (κ1) is 6.72. The van der Waals surface area contributed by atoms with Crippen LogP contribution in [0.25, 0.3) is 0 Å². The lowest BCUT2D eigenvalue weighted by Gasteiger charge is -2.15. The van der Waals surface area contributed by atoms with E-state index in [1.165, 1.54) is 0 Å². The Morgan fingerprint density at radius 1 is 1.56 bits per heavy atom. The van der Waals surface area contributed by atoms with Gasteiger partial charge in [-0.3, -0.25) is 0 Å². The molecule has 1 rings (SSSR count). The van der Waals surface area contributed by atoms with Gasteiger partial charge >= 0.3 is 0 Å².